The van der Waals surface area contributed by atoms with Crippen molar-refractivity contribution in [2.45, 2.75) is 26.3 Å². The lowest BCUT2D eigenvalue weighted by Gasteiger charge is -2.26. The predicted molar refractivity (Wildman–Crippen MR) is 61.5 cm³/mol. The molecule has 0 aliphatic rings. The first-order valence-corrected chi connectivity index (χ1v) is 5.25. The summed E-state index contributed by atoms with van der Waals surface area (Å²) in [5.41, 5.74) is 0.246. The fourth-order valence-corrected chi connectivity index (χ4v) is 1.38. The Balaban J connectivity index is 2.82. The summed E-state index contributed by atoms with van der Waals surface area (Å²) in [6.45, 7) is 4.26. The predicted octanol–water partition coefficient (Wildman–Crippen LogP) is 1.04. The summed E-state index contributed by atoms with van der Waals surface area (Å²) < 4.78 is 0. The zero-order chi connectivity index (χ0) is 12.8. The van der Waals surface area contributed by atoms with Crippen LogP contribution in [-0.2, 0) is 4.79 Å². The minimum Gasteiger partial charge on any atom is -0.481 e. The van der Waals surface area contributed by atoms with Crippen LogP contribution in [0.25, 0.3) is 0 Å². The molecule has 0 aliphatic heterocycles. The van der Waals surface area contributed by atoms with Gasteiger partial charge in [0.15, 0.2) is 5.69 Å². The number of hydrogen-bond donors (Lipinski definition) is 1. The molecule has 0 amide bonds. The number of aliphatic carboxylic acids is 1. The summed E-state index contributed by atoms with van der Waals surface area (Å²) in [4.78, 5) is 20.4. The highest BCUT2D eigenvalue weighted by molar-refractivity contribution is 5.67. The second-order valence-electron chi connectivity index (χ2n) is 3.80. The average molecular weight is 234 g/mol. The van der Waals surface area contributed by atoms with Gasteiger partial charge in [-0.2, -0.15) is 5.26 Å². The smallest absolute Gasteiger partial charge is 0.305 e. The molecule has 0 saturated carbocycles. The van der Waals surface area contributed by atoms with E-state index in [1.165, 1.54) is 12.4 Å². The van der Waals surface area contributed by atoms with Crippen LogP contribution in [0.2, 0.25) is 0 Å². The summed E-state index contributed by atoms with van der Waals surface area (Å²) in [7, 11) is 0. The van der Waals surface area contributed by atoms with Crippen molar-refractivity contribution in [1.82, 2.24) is 9.97 Å². The number of nitriles is 1. The van der Waals surface area contributed by atoms with Crippen LogP contribution in [0.5, 0.6) is 0 Å². The highest BCUT2D eigenvalue weighted by Crippen LogP contribution is 2.13. The van der Waals surface area contributed by atoms with E-state index in [4.69, 9.17) is 10.4 Å². The van der Waals surface area contributed by atoms with Crippen molar-refractivity contribution >= 4 is 11.8 Å². The van der Waals surface area contributed by atoms with E-state index in [1.54, 1.807) is 0 Å². The van der Waals surface area contributed by atoms with Crippen molar-refractivity contribution in [3.8, 4) is 6.07 Å². The number of nitrogens with zero attached hydrogens (tertiary/aromatic N) is 4. The number of carboxylic acid groups (broad SMARTS) is 1. The van der Waals surface area contributed by atoms with Crippen LogP contribution in [0.1, 0.15) is 26.0 Å². The van der Waals surface area contributed by atoms with E-state index in [9.17, 15) is 4.79 Å². The molecule has 0 saturated heterocycles. The first-order valence-electron chi connectivity index (χ1n) is 5.25. The van der Waals surface area contributed by atoms with Crippen LogP contribution in [0.3, 0.4) is 0 Å². The Morgan fingerprint density at radius 2 is 2.24 bits per heavy atom. The van der Waals surface area contributed by atoms with Crippen LogP contribution in [0, 0.1) is 11.3 Å². The number of carboxylic acids is 1. The Kier molecular flexibility index (Phi) is 4.40. The van der Waals surface area contributed by atoms with Gasteiger partial charge in [0.25, 0.3) is 0 Å². The summed E-state index contributed by atoms with van der Waals surface area (Å²) in [6, 6.07) is 2.01. The summed E-state index contributed by atoms with van der Waals surface area (Å²) >= 11 is 0. The second kappa shape index (κ2) is 5.80. The molecule has 90 valence electrons. The number of rotatable bonds is 5. The molecule has 17 heavy (non-hydrogen) atoms. The van der Waals surface area contributed by atoms with Crippen LogP contribution in [0.4, 0.5) is 5.82 Å². The molecule has 1 rings (SSSR count). The van der Waals surface area contributed by atoms with Gasteiger partial charge in [0.05, 0.1) is 18.8 Å². The first kappa shape index (κ1) is 12.9. The van der Waals surface area contributed by atoms with Gasteiger partial charge < -0.3 is 10.0 Å². The van der Waals surface area contributed by atoms with Gasteiger partial charge in [0.1, 0.15) is 11.9 Å². The summed E-state index contributed by atoms with van der Waals surface area (Å²) in [6.07, 6.45) is 2.91. The zero-order valence-corrected chi connectivity index (χ0v) is 9.79. The Morgan fingerprint density at radius 1 is 1.53 bits per heavy atom. The van der Waals surface area contributed by atoms with Crippen molar-refractivity contribution < 1.29 is 9.90 Å². The van der Waals surface area contributed by atoms with Crippen LogP contribution >= 0.6 is 0 Å². The molecule has 0 aliphatic carbocycles. The fourth-order valence-electron chi connectivity index (χ4n) is 1.38. The zero-order valence-electron chi connectivity index (χ0n) is 9.79. The number of anilines is 1. The highest BCUT2D eigenvalue weighted by Gasteiger charge is 2.13. The van der Waals surface area contributed by atoms with Gasteiger partial charge in [0, 0.05) is 12.6 Å². The lowest BCUT2D eigenvalue weighted by Crippen LogP contribution is -2.33. The summed E-state index contributed by atoms with van der Waals surface area (Å²) in [5.74, 6) is -0.266. The molecular formula is C11H14N4O2. The van der Waals surface area contributed by atoms with E-state index < -0.39 is 5.97 Å². The number of aromatic nitrogens is 2. The van der Waals surface area contributed by atoms with E-state index in [2.05, 4.69) is 9.97 Å². The van der Waals surface area contributed by atoms with E-state index in [0.717, 1.165) is 0 Å². The maximum Gasteiger partial charge on any atom is 0.305 e. The van der Waals surface area contributed by atoms with Gasteiger partial charge >= 0.3 is 5.97 Å². The molecule has 6 heteroatoms. The van der Waals surface area contributed by atoms with E-state index in [-0.39, 0.29) is 18.2 Å². The first-order chi connectivity index (χ1) is 8.04. The molecule has 1 aromatic heterocycles. The Morgan fingerprint density at radius 3 is 2.65 bits per heavy atom. The molecule has 0 atom stereocenters. The number of carbonyl (C=O) groups is 1. The largest absolute Gasteiger partial charge is 0.481 e. The molecular weight excluding hydrogens is 220 g/mol. The topological polar surface area (TPSA) is 90.1 Å². The maximum atomic E-state index is 10.6. The lowest BCUT2D eigenvalue weighted by atomic mass is 10.3. The van der Waals surface area contributed by atoms with Gasteiger partial charge in [-0.1, -0.05) is 0 Å². The van der Waals surface area contributed by atoms with Crippen LogP contribution in [-0.4, -0.2) is 33.6 Å². The molecule has 0 fully saturated rings. The number of hydrogen-bond acceptors (Lipinski definition) is 5. The Labute approximate surface area is 99.5 Å². The summed E-state index contributed by atoms with van der Waals surface area (Å²) in [5, 5.41) is 17.3. The van der Waals surface area contributed by atoms with Gasteiger partial charge in [-0.25, -0.2) is 9.97 Å². The Bertz CT molecular complexity index is 422. The van der Waals surface area contributed by atoms with Crippen molar-refractivity contribution in [1.29, 1.82) is 5.26 Å². The molecule has 0 unspecified atom stereocenters. The minimum atomic E-state index is -0.850. The molecule has 0 radical (unpaired) electrons. The van der Waals surface area contributed by atoms with E-state index in [1.807, 2.05) is 24.8 Å². The molecule has 6 nitrogen and oxygen atoms in total. The third kappa shape index (κ3) is 3.72. The molecule has 1 N–H and O–H groups in total. The SMILES string of the molecule is CC(C)N(CCC(=O)O)c1cnc(C#N)cn1. The van der Waals surface area contributed by atoms with Crippen LogP contribution < -0.4 is 4.90 Å². The van der Waals surface area contributed by atoms with Gasteiger partial charge in [-0.15, -0.1) is 0 Å². The molecule has 0 aromatic carbocycles. The monoisotopic (exact) mass is 234 g/mol. The van der Waals surface area contributed by atoms with Crippen molar-refractivity contribution in [2.75, 3.05) is 11.4 Å². The van der Waals surface area contributed by atoms with Crippen molar-refractivity contribution in [3.05, 3.63) is 18.1 Å². The van der Waals surface area contributed by atoms with Gasteiger partial charge in [-0.3, -0.25) is 4.79 Å². The third-order valence-electron chi connectivity index (χ3n) is 2.24. The van der Waals surface area contributed by atoms with Gasteiger partial charge in [0.2, 0.25) is 0 Å². The molecule has 0 spiro atoms. The lowest BCUT2D eigenvalue weighted by molar-refractivity contribution is -0.136. The van der Waals surface area contributed by atoms with Gasteiger partial charge in [-0.05, 0) is 13.8 Å². The van der Waals surface area contributed by atoms with E-state index in [0.29, 0.717) is 12.4 Å². The maximum absolute atomic E-state index is 10.6. The molecule has 1 heterocycles. The fraction of sp³-hybridized carbons (Fsp3) is 0.455. The second-order valence-corrected chi connectivity index (χ2v) is 3.80. The quantitative estimate of drug-likeness (QED) is 0.818. The van der Waals surface area contributed by atoms with Crippen LogP contribution in [0.15, 0.2) is 12.4 Å². The molecule has 0 bridgehead atoms. The van der Waals surface area contributed by atoms with Crippen molar-refractivity contribution in [2.24, 2.45) is 0 Å². The van der Waals surface area contributed by atoms with E-state index >= 15 is 0 Å². The standard InChI is InChI=1S/C11H14N4O2/c1-8(2)15(4-3-11(16)17)10-7-13-9(5-12)6-14-10/h6-8H,3-4H2,1-2H3,(H,16,17). The highest BCUT2D eigenvalue weighted by atomic mass is 16.4. The van der Waals surface area contributed by atoms with Crippen molar-refractivity contribution in [3.63, 3.8) is 0 Å². The third-order valence-corrected chi connectivity index (χ3v) is 2.24. The average Bonchev–Trinajstić information content (AvgIpc) is 2.29. The normalized spacial score (nSPS) is 10.0. The molecule has 1 aromatic rings. The Hall–Kier alpha value is -2.16. The minimum absolute atomic E-state index is 0.0415.